The van der Waals surface area contributed by atoms with Crippen LogP contribution in [0.3, 0.4) is 0 Å². The van der Waals surface area contributed by atoms with E-state index in [0.717, 1.165) is 11.1 Å². The molecular formula is C10H9BrO. The minimum Gasteiger partial charge on any atom is -0.507 e. The highest BCUT2D eigenvalue weighted by Gasteiger charge is 1.98. The van der Waals surface area contributed by atoms with Gasteiger partial charge in [0, 0.05) is 0 Å². The second-order valence-electron chi connectivity index (χ2n) is 2.40. The van der Waals surface area contributed by atoms with Crippen molar-refractivity contribution >= 4 is 15.9 Å². The van der Waals surface area contributed by atoms with Crippen LogP contribution >= 0.6 is 15.9 Å². The van der Waals surface area contributed by atoms with Gasteiger partial charge in [0.25, 0.3) is 0 Å². The van der Waals surface area contributed by atoms with Crippen molar-refractivity contribution in [3.8, 4) is 17.6 Å². The van der Waals surface area contributed by atoms with Crippen LogP contribution in [0, 0.1) is 18.8 Å². The lowest BCUT2D eigenvalue weighted by atomic mass is 10.1. The number of rotatable bonds is 0. The van der Waals surface area contributed by atoms with Gasteiger partial charge in [-0.05, 0) is 18.6 Å². The Kier molecular flexibility index (Phi) is 3.19. The Morgan fingerprint density at radius 1 is 1.50 bits per heavy atom. The first-order valence-electron chi connectivity index (χ1n) is 3.59. The molecule has 0 saturated heterocycles. The van der Waals surface area contributed by atoms with Gasteiger partial charge in [0.1, 0.15) is 5.75 Å². The molecule has 1 N–H and O–H groups in total. The van der Waals surface area contributed by atoms with Gasteiger partial charge in [-0.25, -0.2) is 0 Å². The van der Waals surface area contributed by atoms with Crippen molar-refractivity contribution in [2.24, 2.45) is 0 Å². The molecule has 12 heavy (non-hydrogen) atoms. The van der Waals surface area contributed by atoms with Gasteiger partial charge in [-0.1, -0.05) is 39.9 Å². The third kappa shape index (κ3) is 2.02. The van der Waals surface area contributed by atoms with Crippen molar-refractivity contribution in [2.75, 3.05) is 5.33 Å². The third-order valence-electron chi connectivity index (χ3n) is 1.53. The fourth-order valence-electron chi connectivity index (χ4n) is 0.937. The largest absolute Gasteiger partial charge is 0.507 e. The summed E-state index contributed by atoms with van der Waals surface area (Å²) in [6, 6.07) is 5.38. The van der Waals surface area contributed by atoms with Crippen LogP contribution in [0.2, 0.25) is 0 Å². The third-order valence-corrected chi connectivity index (χ3v) is 1.81. The van der Waals surface area contributed by atoms with Gasteiger partial charge in [0.15, 0.2) is 0 Å². The zero-order chi connectivity index (χ0) is 8.97. The average Bonchev–Trinajstić information content (AvgIpc) is 2.04. The number of phenols is 1. The highest BCUT2D eigenvalue weighted by Crippen LogP contribution is 2.18. The fourth-order valence-corrected chi connectivity index (χ4v) is 1.08. The highest BCUT2D eigenvalue weighted by atomic mass is 79.9. The van der Waals surface area contributed by atoms with Crippen LogP contribution in [0.15, 0.2) is 18.2 Å². The van der Waals surface area contributed by atoms with E-state index in [2.05, 4.69) is 27.8 Å². The summed E-state index contributed by atoms with van der Waals surface area (Å²) in [6.07, 6.45) is 0. The molecule has 0 saturated carbocycles. The van der Waals surface area contributed by atoms with Crippen LogP contribution in [-0.4, -0.2) is 10.4 Å². The molecule has 0 bridgehead atoms. The van der Waals surface area contributed by atoms with E-state index in [9.17, 15) is 5.11 Å². The van der Waals surface area contributed by atoms with Gasteiger partial charge < -0.3 is 5.11 Å². The smallest absolute Gasteiger partial charge is 0.131 e. The van der Waals surface area contributed by atoms with Gasteiger partial charge in [0.2, 0.25) is 0 Å². The summed E-state index contributed by atoms with van der Waals surface area (Å²) in [5.41, 5.74) is 1.72. The first-order chi connectivity index (χ1) is 5.75. The van der Waals surface area contributed by atoms with Crippen LogP contribution < -0.4 is 0 Å². The Morgan fingerprint density at radius 2 is 2.25 bits per heavy atom. The van der Waals surface area contributed by atoms with Crippen molar-refractivity contribution in [3.63, 3.8) is 0 Å². The zero-order valence-corrected chi connectivity index (χ0v) is 8.35. The second kappa shape index (κ2) is 4.18. The molecule has 0 aromatic heterocycles. The van der Waals surface area contributed by atoms with E-state index >= 15 is 0 Å². The average molecular weight is 225 g/mol. The summed E-state index contributed by atoms with van der Waals surface area (Å²) < 4.78 is 0. The molecule has 0 aliphatic heterocycles. The number of hydrogen-bond donors (Lipinski definition) is 1. The van der Waals surface area contributed by atoms with E-state index < -0.39 is 0 Å². The number of aryl methyl sites for hydroxylation is 1. The van der Waals surface area contributed by atoms with Crippen LogP contribution in [0.4, 0.5) is 0 Å². The SMILES string of the molecule is Cc1cccc(O)c1C#CCBr. The Hall–Kier alpha value is -0.940. The predicted molar refractivity (Wildman–Crippen MR) is 53.5 cm³/mol. The highest BCUT2D eigenvalue weighted by molar-refractivity contribution is 9.09. The topological polar surface area (TPSA) is 20.2 Å². The number of hydrogen-bond acceptors (Lipinski definition) is 1. The Balaban J connectivity index is 3.13. The molecule has 0 aliphatic carbocycles. The summed E-state index contributed by atoms with van der Waals surface area (Å²) in [6.45, 7) is 1.93. The van der Waals surface area contributed by atoms with Gasteiger partial charge >= 0.3 is 0 Å². The van der Waals surface area contributed by atoms with Crippen molar-refractivity contribution in [1.29, 1.82) is 0 Å². The molecular weight excluding hydrogens is 216 g/mol. The molecule has 62 valence electrons. The second-order valence-corrected chi connectivity index (χ2v) is 2.97. The molecule has 0 spiro atoms. The van der Waals surface area contributed by atoms with Crippen molar-refractivity contribution in [1.82, 2.24) is 0 Å². The molecule has 0 unspecified atom stereocenters. The van der Waals surface area contributed by atoms with Gasteiger partial charge in [-0.2, -0.15) is 0 Å². The van der Waals surface area contributed by atoms with Crippen LogP contribution in [0.25, 0.3) is 0 Å². The zero-order valence-electron chi connectivity index (χ0n) is 6.76. The fraction of sp³-hybridized carbons (Fsp3) is 0.200. The number of benzene rings is 1. The Bertz CT molecular complexity index is 313. The first kappa shape index (κ1) is 9.15. The predicted octanol–water partition coefficient (Wildman–Crippen LogP) is 2.45. The maximum absolute atomic E-state index is 9.40. The molecule has 1 nitrogen and oxygen atoms in total. The molecule has 1 aromatic carbocycles. The number of halogens is 1. The molecule has 1 aromatic rings. The molecule has 0 amide bonds. The minimum absolute atomic E-state index is 0.253. The van der Waals surface area contributed by atoms with Crippen LogP contribution in [-0.2, 0) is 0 Å². The van der Waals surface area contributed by atoms with Crippen molar-refractivity contribution < 1.29 is 5.11 Å². The lowest BCUT2D eigenvalue weighted by Crippen LogP contribution is -1.82. The first-order valence-corrected chi connectivity index (χ1v) is 4.71. The molecule has 0 heterocycles. The number of aromatic hydroxyl groups is 1. The molecule has 0 atom stereocenters. The summed E-state index contributed by atoms with van der Waals surface area (Å²) in [5.74, 6) is 5.99. The Labute approximate surface area is 80.6 Å². The molecule has 2 heteroatoms. The maximum atomic E-state index is 9.40. The summed E-state index contributed by atoms with van der Waals surface area (Å²) in [5, 5.41) is 10.0. The van der Waals surface area contributed by atoms with E-state index in [1.165, 1.54) is 0 Å². The van der Waals surface area contributed by atoms with Crippen LogP contribution in [0.5, 0.6) is 5.75 Å². The molecule has 0 aliphatic rings. The standard InChI is InChI=1S/C10H9BrO/c1-8-4-2-6-10(12)9(8)5-3-7-11/h2,4,6,12H,7H2,1H3. The maximum Gasteiger partial charge on any atom is 0.131 e. The Morgan fingerprint density at radius 3 is 2.83 bits per heavy atom. The van der Waals surface area contributed by atoms with Crippen LogP contribution in [0.1, 0.15) is 11.1 Å². The summed E-state index contributed by atoms with van der Waals surface area (Å²) in [4.78, 5) is 0. The van der Waals surface area contributed by atoms with Crippen molar-refractivity contribution in [3.05, 3.63) is 29.3 Å². The number of alkyl halides is 1. The molecule has 0 fully saturated rings. The van der Waals surface area contributed by atoms with E-state index in [4.69, 9.17) is 0 Å². The van der Waals surface area contributed by atoms with E-state index in [1.807, 2.05) is 19.1 Å². The lowest BCUT2D eigenvalue weighted by Gasteiger charge is -1.99. The normalized spacial score (nSPS) is 8.83. The summed E-state index contributed by atoms with van der Waals surface area (Å²) in [7, 11) is 0. The monoisotopic (exact) mass is 224 g/mol. The van der Waals surface area contributed by atoms with Gasteiger partial charge in [0.05, 0.1) is 10.9 Å². The quantitative estimate of drug-likeness (QED) is 0.531. The summed E-state index contributed by atoms with van der Waals surface area (Å²) >= 11 is 3.20. The van der Waals surface area contributed by atoms with Gasteiger partial charge in [-0.3, -0.25) is 0 Å². The van der Waals surface area contributed by atoms with Gasteiger partial charge in [-0.15, -0.1) is 0 Å². The van der Waals surface area contributed by atoms with E-state index in [-0.39, 0.29) is 5.75 Å². The van der Waals surface area contributed by atoms with Crippen molar-refractivity contribution in [2.45, 2.75) is 6.92 Å². The minimum atomic E-state index is 0.253. The lowest BCUT2D eigenvalue weighted by molar-refractivity contribution is 0.473. The van der Waals surface area contributed by atoms with E-state index in [1.54, 1.807) is 6.07 Å². The molecule has 0 radical (unpaired) electrons. The number of phenolic OH excluding ortho intramolecular Hbond substituents is 1. The van der Waals surface area contributed by atoms with E-state index in [0.29, 0.717) is 5.33 Å². The molecule has 1 rings (SSSR count).